The smallest absolute Gasteiger partial charge is 0.223 e. The van der Waals surface area contributed by atoms with Crippen LogP contribution < -0.4 is 15.4 Å². The molecule has 3 aromatic heterocycles. The molecule has 34 heavy (non-hydrogen) atoms. The van der Waals surface area contributed by atoms with Crippen LogP contribution in [0.15, 0.2) is 30.6 Å². The van der Waals surface area contributed by atoms with Crippen molar-refractivity contribution in [2.75, 3.05) is 24.3 Å². The van der Waals surface area contributed by atoms with Crippen LogP contribution in [-0.2, 0) is 6.54 Å². The van der Waals surface area contributed by atoms with Crippen molar-refractivity contribution >= 4 is 28.2 Å². The summed E-state index contributed by atoms with van der Waals surface area (Å²) in [6.07, 6.45) is 8.76. The Labute approximate surface area is 197 Å². The molecule has 1 aromatic carbocycles. The third kappa shape index (κ3) is 3.44. The number of piperidine rings is 1. The largest absolute Gasteiger partial charge is 0.494 e. The van der Waals surface area contributed by atoms with Crippen LogP contribution in [0.5, 0.6) is 5.75 Å². The normalized spacial score (nSPS) is 22.3. The molecule has 3 N–H and O–H groups in total. The molecule has 10 heteroatoms. The first-order valence-electron chi connectivity index (χ1n) is 11.9. The molecular weight excluding hydrogens is 432 g/mol. The lowest BCUT2D eigenvalue weighted by atomic mass is 9.80. The van der Waals surface area contributed by atoms with Crippen molar-refractivity contribution < 1.29 is 9.84 Å². The number of hydrogen-bond acceptors (Lipinski definition) is 8. The number of benzene rings is 1. The molecule has 1 aliphatic carbocycles. The maximum Gasteiger partial charge on any atom is 0.223 e. The van der Waals surface area contributed by atoms with Crippen LogP contribution in [0.3, 0.4) is 0 Å². The molecule has 2 aliphatic rings. The number of hydrogen-bond donors (Lipinski definition) is 2. The van der Waals surface area contributed by atoms with Crippen LogP contribution in [0.1, 0.15) is 50.8 Å². The summed E-state index contributed by atoms with van der Waals surface area (Å²) in [6.45, 7) is 3.59. The van der Waals surface area contributed by atoms with Gasteiger partial charge in [0.05, 0.1) is 31.1 Å². The number of aliphatic hydroxyl groups is 1. The minimum atomic E-state index is -0.598. The molecule has 4 aromatic rings. The van der Waals surface area contributed by atoms with Gasteiger partial charge < -0.3 is 20.5 Å². The number of nitrogen functional groups attached to an aromatic ring is 1. The summed E-state index contributed by atoms with van der Waals surface area (Å²) in [6, 6.07) is 6.15. The summed E-state index contributed by atoms with van der Waals surface area (Å²) in [4.78, 5) is 11.8. The predicted octanol–water partition coefficient (Wildman–Crippen LogP) is 2.75. The zero-order valence-electron chi connectivity index (χ0n) is 19.6. The number of methoxy groups -OCH3 is 1. The maximum atomic E-state index is 10.5. The second-order valence-corrected chi connectivity index (χ2v) is 9.78. The molecule has 0 bridgehead atoms. The highest BCUT2D eigenvalue weighted by Gasteiger charge is 2.35. The fraction of sp³-hybridized carbons (Fsp3) is 0.500. The van der Waals surface area contributed by atoms with Gasteiger partial charge in [-0.3, -0.25) is 4.68 Å². The highest BCUT2D eigenvalue weighted by molar-refractivity contribution is 5.95. The number of anilines is 2. The van der Waals surface area contributed by atoms with Crippen molar-refractivity contribution in [3.05, 3.63) is 36.4 Å². The number of para-hydroxylation sites is 1. The lowest BCUT2D eigenvalue weighted by Gasteiger charge is -2.38. The van der Waals surface area contributed by atoms with Crippen molar-refractivity contribution in [3.8, 4) is 5.75 Å². The van der Waals surface area contributed by atoms with Crippen LogP contribution in [0.25, 0.3) is 16.6 Å². The van der Waals surface area contributed by atoms with Crippen molar-refractivity contribution in [2.24, 2.45) is 0 Å². The first-order valence-corrected chi connectivity index (χ1v) is 11.9. The Morgan fingerprint density at radius 3 is 2.85 bits per heavy atom. The van der Waals surface area contributed by atoms with E-state index in [1.807, 2.05) is 35.3 Å². The van der Waals surface area contributed by atoms with E-state index in [2.05, 4.69) is 21.9 Å². The third-order valence-corrected chi connectivity index (χ3v) is 7.47. The first-order chi connectivity index (χ1) is 16.4. The van der Waals surface area contributed by atoms with Gasteiger partial charge in [0.15, 0.2) is 11.5 Å². The van der Waals surface area contributed by atoms with E-state index >= 15 is 0 Å². The number of rotatable bonds is 5. The van der Waals surface area contributed by atoms with Gasteiger partial charge in [0, 0.05) is 30.1 Å². The molecule has 1 saturated heterocycles. The summed E-state index contributed by atoms with van der Waals surface area (Å²) in [5.41, 5.74) is 8.11. The average Bonchev–Trinajstić information content (AvgIpc) is 3.46. The highest BCUT2D eigenvalue weighted by atomic mass is 16.5. The second kappa shape index (κ2) is 7.83. The van der Waals surface area contributed by atoms with E-state index in [0.29, 0.717) is 35.4 Å². The van der Waals surface area contributed by atoms with Crippen molar-refractivity contribution in [1.29, 1.82) is 0 Å². The van der Waals surface area contributed by atoms with E-state index in [4.69, 9.17) is 20.6 Å². The lowest BCUT2D eigenvalue weighted by Crippen LogP contribution is -2.42. The van der Waals surface area contributed by atoms with E-state index in [1.165, 1.54) is 0 Å². The molecule has 6 rings (SSSR count). The van der Waals surface area contributed by atoms with Crippen LogP contribution in [0.2, 0.25) is 0 Å². The standard InChI is InChI=1S/C24H30N8O2/c1-15-7-8-16(12-31(15)17-11-26-30(13-17)14-24(33)9-4-10-24)21-28-22-18-5-3-6-19(34-2)20(18)27-23(25)32(22)29-21/h3,5-6,11,13,15-16,33H,4,7-10,12,14H2,1-2H3,(H2,25,27)/t15-,16+/m1/s1. The van der Waals surface area contributed by atoms with E-state index in [1.54, 1.807) is 11.6 Å². The summed E-state index contributed by atoms with van der Waals surface area (Å²) in [5, 5.41) is 20.7. The zero-order chi connectivity index (χ0) is 23.4. The summed E-state index contributed by atoms with van der Waals surface area (Å²) in [5.74, 6) is 1.90. The van der Waals surface area contributed by atoms with Gasteiger partial charge in [0.25, 0.3) is 0 Å². The van der Waals surface area contributed by atoms with Crippen LogP contribution in [0.4, 0.5) is 11.6 Å². The van der Waals surface area contributed by atoms with E-state index in [0.717, 1.165) is 55.5 Å². The Morgan fingerprint density at radius 2 is 2.09 bits per heavy atom. The molecule has 0 amide bonds. The fourth-order valence-electron chi connectivity index (χ4n) is 5.29. The summed E-state index contributed by atoms with van der Waals surface area (Å²) >= 11 is 0. The molecule has 178 valence electrons. The van der Waals surface area contributed by atoms with Crippen molar-refractivity contribution in [1.82, 2.24) is 29.4 Å². The van der Waals surface area contributed by atoms with Crippen molar-refractivity contribution in [2.45, 2.75) is 63.1 Å². The third-order valence-electron chi connectivity index (χ3n) is 7.47. The average molecular weight is 463 g/mol. The van der Waals surface area contributed by atoms with Gasteiger partial charge in [-0.2, -0.15) is 9.61 Å². The number of aromatic nitrogens is 6. The molecule has 2 atom stereocenters. The van der Waals surface area contributed by atoms with E-state index < -0.39 is 5.60 Å². The van der Waals surface area contributed by atoms with E-state index in [-0.39, 0.29) is 5.92 Å². The van der Waals surface area contributed by atoms with Crippen LogP contribution in [-0.4, -0.2) is 59.8 Å². The molecule has 4 heterocycles. The van der Waals surface area contributed by atoms with Gasteiger partial charge in [0.2, 0.25) is 5.95 Å². The fourth-order valence-corrected chi connectivity index (χ4v) is 5.29. The highest BCUT2D eigenvalue weighted by Crippen LogP contribution is 2.35. The SMILES string of the molecule is COc1cccc2c1nc(N)n1nc([C@H]3CC[C@@H](C)N(c4cnn(CC5(O)CCC5)c4)C3)nc21. The molecule has 2 fully saturated rings. The molecule has 1 aliphatic heterocycles. The number of fused-ring (bicyclic) bond motifs is 3. The molecule has 0 radical (unpaired) electrons. The van der Waals surface area contributed by atoms with Crippen LogP contribution in [0, 0.1) is 0 Å². The summed E-state index contributed by atoms with van der Waals surface area (Å²) in [7, 11) is 1.62. The Balaban J connectivity index is 1.30. The maximum absolute atomic E-state index is 10.5. The minimum absolute atomic E-state index is 0.162. The molecule has 1 saturated carbocycles. The first kappa shape index (κ1) is 21.2. The number of nitrogens with two attached hydrogens (primary N) is 1. The lowest BCUT2D eigenvalue weighted by molar-refractivity contribution is -0.0498. The molecule has 0 unspecified atom stereocenters. The topological polar surface area (TPSA) is 120 Å². The molecule has 10 nitrogen and oxygen atoms in total. The Bertz CT molecular complexity index is 1360. The quantitative estimate of drug-likeness (QED) is 0.465. The van der Waals surface area contributed by atoms with Gasteiger partial charge in [-0.15, -0.1) is 5.10 Å². The Kier molecular flexibility index (Phi) is 4.87. The van der Waals surface area contributed by atoms with Gasteiger partial charge in [0.1, 0.15) is 11.3 Å². The number of ether oxygens (including phenoxy) is 1. The molecule has 0 spiro atoms. The van der Waals surface area contributed by atoms with Gasteiger partial charge in [-0.25, -0.2) is 9.97 Å². The number of nitrogens with zero attached hydrogens (tertiary/aromatic N) is 7. The molecular formula is C24H30N8O2. The zero-order valence-corrected chi connectivity index (χ0v) is 19.6. The van der Waals surface area contributed by atoms with Gasteiger partial charge >= 0.3 is 0 Å². The Morgan fingerprint density at radius 1 is 1.24 bits per heavy atom. The van der Waals surface area contributed by atoms with Crippen LogP contribution >= 0.6 is 0 Å². The minimum Gasteiger partial charge on any atom is -0.494 e. The second-order valence-electron chi connectivity index (χ2n) is 9.78. The van der Waals surface area contributed by atoms with E-state index in [9.17, 15) is 5.11 Å². The Hall–Kier alpha value is -3.40. The van der Waals surface area contributed by atoms with Crippen molar-refractivity contribution in [3.63, 3.8) is 0 Å². The van der Waals surface area contributed by atoms with Gasteiger partial charge in [-0.05, 0) is 51.2 Å². The van der Waals surface area contributed by atoms with Gasteiger partial charge in [-0.1, -0.05) is 6.07 Å². The predicted molar refractivity (Wildman–Crippen MR) is 129 cm³/mol. The monoisotopic (exact) mass is 462 g/mol. The summed E-state index contributed by atoms with van der Waals surface area (Å²) < 4.78 is 8.98.